The van der Waals surface area contributed by atoms with Gasteiger partial charge in [0.2, 0.25) is 5.91 Å². The highest BCUT2D eigenvalue weighted by Crippen LogP contribution is 2.25. The van der Waals surface area contributed by atoms with Crippen molar-refractivity contribution in [3.63, 3.8) is 0 Å². The van der Waals surface area contributed by atoms with E-state index in [0.717, 1.165) is 11.2 Å². The quantitative estimate of drug-likeness (QED) is 0.657. The van der Waals surface area contributed by atoms with Crippen LogP contribution < -0.4 is 10.5 Å². The fourth-order valence-electron chi connectivity index (χ4n) is 2.13. The first-order chi connectivity index (χ1) is 8.15. The number of H-pyrrole nitrogens is 2. The molecule has 2 aromatic rings. The molecule has 1 aromatic heterocycles. The molecule has 88 valence electrons. The lowest BCUT2D eigenvalue weighted by Gasteiger charge is -2.15. The summed E-state index contributed by atoms with van der Waals surface area (Å²) in [6.07, 6.45) is 0.449. The average Bonchev–Trinajstić information content (AvgIpc) is 2.83. The summed E-state index contributed by atoms with van der Waals surface area (Å²) in [5.41, 5.74) is 1.33. The molecule has 1 saturated heterocycles. The number of nitrogens with zero attached hydrogens (tertiary/aromatic N) is 1. The molecule has 0 bridgehead atoms. The highest BCUT2D eigenvalue weighted by molar-refractivity contribution is 7.81. The van der Waals surface area contributed by atoms with Crippen molar-refractivity contribution in [1.29, 1.82) is 0 Å². The van der Waals surface area contributed by atoms with Crippen LogP contribution in [0.4, 0.5) is 5.69 Å². The fourth-order valence-corrected chi connectivity index (χ4v) is 2.45. The summed E-state index contributed by atoms with van der Waals surface area (Å²) in [5.74, 6) is 0.0521. The number of nitrogens with one attached hydrogen (secondary N) is 2. The van der Waals surface area contributed by atoms with Gasteiger partial charge in [-0.05, 0) is 18.2 Å². The van der Waals surface area contributed by atoms with Crippen LogP contribution in [0.2, 0.25) is 0 Å². The molecular weight excluding hydrogens is 238 g/mol. The van der Waals surface area contributed by atoms with Crippen molar-refractivity contribution >= 4 is 35.1 Å². The Labute approximate surface area is 102 Å². The predicted molar refractivity (Wildman–Crippen MR) is 68.7 cm³/mol. The first-order valence-electron chi connectivity index (χ1n) is 5.34. The van der Waals surface area contributed by atoms with E-state index in [1.807, 2.05) is 6.07 Å². The van der Waals surface area contributed by atoms with Crippen LogP contribution in [0, 0.1) is 0 Å². The summed E-state index contributed by atoms with van der Waals surface area (Å²) < 4.78 is 0. The van der Waals surface area contributed by atoms with Gasteiger partial charge in [0.15, 0.2) is 0 Å². The molecule has 6 heteroatoms. The van der Waals surface area contributed by atoms with Crippen molar-refractivity contribution in [2.45, 2.75) is 11.7 Å². The second-order valence-corrected chi connectivity index (χ2v) is 4.90. The molecule has 3 rings (SSSR count). The van der Waals surface area contributed by atoms with Crippen LogP contribution in [0.1, 0.15) is 6.42 Å². The Bertz CT molecular complexity index is 645. The number of thiol groups is 1. The Balaban J connectivity index is 2.09. The summed E-state index contributed by atoms with van der Waals surface area (Å²) in [6, 6.07) is 5.35. The molecule has 1 unspecified atom stereocenters. The summed E-state index contributed by atoms with van der Waals surface area (Å²) in [6.45, 7) is 0.593. The molecule has 0 aliphatic carbocycles. The van der Waals surface area contributed by atoms with Crippen molar-refractivity contribution in [3.05, 3.63) is 28.6 Å². The van der Waals surface area contributed by atoms with Crippen molar-refractivity contribution in [1.82, 2.24) is 10.2 Å². The number of fused-ring (bicyclic) bond motifs is 1. The number of benzene rings is 1. The highest BCUT2D eigenvalue weighted by Gasteiger charge is 2.28. The first kappa shape index (κ1) is 10.5. The summed E-state index contributed by atoms with van der Waals surface area (Å²) in [7, 11) is 0. The van der Waals surface area contributed by atoms with Gasteiger partial charge in [-0.25, -0.2) is 0 Å². The van der Waals surface area contributed by atoms with Crippen LogP contribution >= 0.6 is 12.6 Å². The maximum Gasteiger partial charge on any atom is 0.271 e. The molecule has 1 atom stereocenters. The number of hydrogen-bond acceptors (Lipinski definition) is 3. The summed E-state index contributed by atoms with van der Waals surface area (Å²) in [5, 5.41) is 5.92. The van der Waals surface area contributed by atoms with E-state index in [1.54, 1.807) is 17.0 Å². The SMILES string of the molecule is O=C1CC(S)CN1c1ccc2[nH][nH]c(=O)c2c1. The van der Waals surface area contributed by atoms with E-state index in [0.29, 0.717) is 18.4 Å². The van der Waals surface area contributed by atoms with E-state index in [-0.39, 0.29) is 16.7 Å². The number of amides is 1. The van der Waals surface area contributed by atoms with Crippen LogP contribution in [-0.2, 0) is 4.79 Å². The topological polar surface area (TPSA) is 69.0 Å². The Morgan fingerprint density at radius 2 is 2.12 bits per heavy atom. The van der Waals surface area contributed by atoms with Crippen molar-refractivity contribution in [2.75, 3.05) is 11.4 Å². The molecule has 1 aromatic carbocycles. The van der Waals surface area contributed by atoms with Crippen LogP contribution in [0.25, 0.3) is 10.9 Å². The maximum absolute atomic E-state index is 11.7. The molecule has 2 heterocycles. The van der Waals surface area contributed by atoms with Gasteiger partial charge in [-0.2, -0.15) is 12.6 Å². The molecule has 0 radical (unpaired) electrons. The molecule has 5 nitrogen and oxygen atoms in total. The smallest absolute Gasteiger partial charge is 0.271 e. The molecule has 2 N–H and O–H groups in total. The number of rotatable bonds is 1. The third-order valence-electron chi connectivity index (χ3n) is 2.97. The summed E-state index contributed by atoms with van der Waals surface area (Å²) >= 11 is 4.31. The van der Waals surface area contributed by atoms with E-state index >= 15 is 0 Å². The number of aromatic nitrogens is 2. The Morgan fingerprint density at radius 1 is 1.29 bits per heavy atom. The Kier molecular flexibility index (Phi) is 2.25. The lowest BCUT2D eigenvalue weighted by atomic mass is 10.2. The van der Waals surface area contributed by atoms with Crippen molar-refractivity contribution in [3.8, 4) is 0 Å². The van der Waals surface area contributed by atoms with Crippen LogP contribution in [0.3, 0.4) is 0 Å². The van der Waals surface area contributed by atoms with E-state index < -0.39 is 0 Å². The molecular formula is C11H11N3O2S. The van der Waals surface area contributed by atoms with E-state index in [4.69, 9.17) is 0 Å². The van der Waals surface area contributed by atoms with Gasteiger partial charge in [0.25, 0.3) is 5.56 Å². The number of anilines is 1. The first-order valence-corrected chi connectivity index (χ1v) is 5.85. The standard InChI is InChI=1S/C11H11N3O2S/c15-10-4-7(17)5-14(10)6-1-2-9-8(3-6)11(16)13-12-9/h1-3,7,17H,4-5H2,(H2,12,13,16). The third kappa shape index (κ3) is 1.64. The van der Waals surface area contributed by atoms with E-state index in [9.17, 15) is 9.59 Å². The number of hydrogen-bond donors (Lipinski definition) is 3. The Hall–Kier alpha value is -1.69. The van der Waals surface area contributed by atoms with Gasteiger partial charge in [-0.3, -0.25) is 19.8 Å². The zero-order valence-corrected chi connectivity index (χ0v) is 9.83. The number of carbonyl (C=O) groups excluding carboxylic acids is 1. The predicted octanol–water partition coefficient (Wildman–Crippen LogP) is 0.891. The lowest BCUT2D eigenvalue weighted by Crippen LogP contribution is -2.24. The van der Waals surface area contributed by atoms with Gasteiger partial charge < -0.3 is 4.90 Å². The van der Waals surface area contributed by atoms with Gasteiger partial charge in [-0.15, -0.1) is 0 Å². The second-order valence-electron chi connectivity index (χ2n) is 4.17. The van der Waals surface area contributed by atoms with Crippen LogP contribution in [0.5, 0.6) is 0 Å². The second kappa shape index (κ2) is 3.66. The van der Waals surface area contributed by atoms with Crippen molar-refractivity contribution < 1.29 is 4.79 Å². The molecule has 1 aliphatic heterocycles. The minimum atomic E-state index is -0.170. The average molecular weight is 249 g/mol. The minimum absolute atomic E-state index is 0.0521. The van der Waals surface area contributed by atoms with Crippen molar-refractivity contribution in [2.24, 2.45) is 0 Å². The number of aromatic amines is 2. The molecule has 17 heavy (non-hydrogen) atoms. The molecule has 1 fully saturated rings. The van der Waals surface area contributed by atoms with Gasteiger partial charge in [-0.1, -0.05) is 0 Å². The fraction of sp³-hybridized carbons (Fsp3) is 0.273. The lowest BCUT2D eigenvalue weighted by molar-refractivity contribution is -0.117. The van der Waals surface area contributed by atoms with Gasteiger partial charge in [0.1, 0.15) is 0 Å². The monoisotopic (exact) mass is 249 g/mol. The zero-order valence-electron chi connectivity index (χ0n) is 8.93. The van der Waals surface area contributed by atoms with Crippen LogP contribution in [-0.4, -0.2) is 27.9 Å². The molecule has 1 aliphatic rings. The maximum atomic E-state index is 11.7. The zero-order chi connectivity index (χ0) is 12.0. The molecule has 0 spiro atoms. The van der Waals surface area contributed by atoms with E-state index in [2.05, 4.69) is 22.8 Å². The molecule has 1 amide bonds. The highest BCUT2D eigenvalue weighted by atomic mass is 32.1. The van der Waals surface area contributed by atoms with Gasteiger partial charge >= 0.3 is 0 Å². The normalized spacial score (nSPS) is 20.4. The third-order valence-corrected chi connectivity index (χ3v) is 3.32. The summed E-state index contributed by atoms with van der Waals surface area (Å²) in [4.78, 5) is 24.9. The minimum Gasteiger partial charge on any atom is -0.311 e. The van der Waals surface area contributed by atoms with Crippen LogP contribution in [0.15, 0.2) is 23.0 Å². The largest absolute Gasteiger partial charge is 0.311 e. The van der Waals surface area contributed by atoms with Gasteiger partial charge in [0, 0.05) is 23.9 Å². The number of carbonyl (C=O) groups is 1. The Morgan fingerprint density at radius 3 is 2.82 bits per heavy atom. The van der Waals surface area contributed by atoms with E-state index in [1.165, 1.54) is 0 Å². The molecule has 0 saturated carbocycles. The van der Waals surface area contributed by atoms with Gasteiger partial charge in [0.05, 0.1) is 10.9 Å².